The molecule has 1 saturated heterocycles. The van der Waals surface area contributed by atoms with Crippen molar-refractivity contribution in [1.82, 2.24) is 10.2 Å². The van der Waals surface area contributed by atoms with Crippen LogP contribution in [0.15, 0.2) is 42.5 Å². The number of thioether (sulfide) groups is 1. The van der Waals surface area contributed by atoms with E-state index < -0.39 is 19.4 Å². The topological polar surface area (TPSA) is 137 Å². The molecule has 3 rings (SSSR count). The molecule has 0 aliphatic carbocycles. The number of fused-ring (bicyclic) bond motifs is 1. The summed E-state index contributed by atoms with van der Waals surface area (Å²) in [6, 6.07) is 13.2. The molecule has 2 amide bonds. The summed E-state index contributed by atoms with van der Waals surface area (Å²) in [6.45, 7) is 5.69. The van der Waals surface area contributed by atoms with Crippen molar-refractivity contribution in [2.75, 3.05) is 44.1 Å². The van der Waals surface area contributed by atoms with Crippen LogP contribution in [0.1, 0.15) is 44.6 Å². The molecule has 9 nitrogen and oxygen atoms in total. The van der Waals surface area contributed by atoms with Gasteiger partial charge in [-0.05, 0) is 49.6 Å². The summed E-state index contributed by atoms with van der Waals surface area (Å²) in [5, 5.41) is 5.08. The van der Waals surface area contributed by atoms with Crippen LogP contribution in [0.3, 0.4) is 0 Å². The molecular weight excluding hydrogens is 523 g/mol. The molecule has 1 fully saturated rings. The molecule has 0 radical (unpaired) electrons. The molecule has 38 heavy (non-hydrogen) atoms. The van der Waals surface area contributed by atoms with E-state index in [2.05, 4.69) is 10.2 Å². The lowest BCUT2D eigenvalue weighted by molar-refractivity contribution is -0.128. The highest BCUT2D eigenvalue weighted by Crippen LogP contribution is 2.50. The van der Waals surface area contributed by atoms with Crippen molar-refractivity contribution >= 4 is 41.9 Å². The fraction of sp³-hybridized carbons (Fsp3) is 0.556. The van der Waals surface area contributed by atoms with Crippen LogP contribution in [0.2, 0.25) is 0 Å². The third-order valence-corrected chi connectivity index (χ3v) is 10.6. The van der Waals surface area contributed by atoms with Crippen LogP contribution in [0.4, 0.5) is 0 Å². The van der Waals surface area contributed by atoms with Crippen molar-refractivity contribution in [3.05, 3.63) is 48.0 Å². The molecule has 2 aromatic carbocycles. The zero-order valence-corrected chi connectivity index (χ0v) is 24.1. The molecule has 0 spiro atoms. The Morgan fingerprint density at radius 1 is 1.13 bits per heavy atom. The maximum Gasteiger partial charge on any atom is 0.340 e. The fourth-order valence-electron chi connectivity index (χ4n) is 4.81. The van der Waals surface area contributed by atoms with Crippen molar-refractivity contribution in [3.8, 4) is 0 Å². The quantitative estimate of drug-likeness (QED) is 0.279. The highest BCUT2D eigenvalue weighted by Gasteiger charge is 2.31. The number of nitrogens with one attached hydrogen (secondary N) is 1. The largest absolute Gasteiger partial charge is 0.369 e. The number of likely N-dealkylation sites (tertiary alicyclic amines) is 1. The Hall–Kier alpha value is -1.94. The Morgan fingerprint density at radius 3 is 2.53 bits per heavy atom. The Balaban J connectivity index is 1.56. The van der Waals surface area contributed by atoms with Gasteiger partial charge in [-0.25, -0.2) is 0 Å². The monoisotopic (exact) mass is 564 g/mol. The molecule has 1 aliphatic heterocycles. The average Bonchev–Trinajstić information content (AvgIpc) is 2.89. The van der Waals surface area contributed by atoms with Crippen LogP contribution < -0.4 is 16.8 Å². The number of nitrogens with two attached hydrogens (primary N) is 2. The summed E-state index contributed by atoms with van der Waals surface area (Å²) in [5.41, 5.74) is 13.2. The normalized spacial score (nSPS) is 18.2. The van der Waals surface area contributed by atoms with E-state index in [1.165, 1.54) is 11.8 Å². The Kier molecular flexibility index (Phi) is 12.1. The second kappa shape index (κ2) is 15.0. The number of rotatable bonds is 15. The molecule has 5 N–H and O–H groups in total. The van der Waals surface area contributed by atoms with Gasteiger partial charge in [0.25, 0.3) is 0 Å². The Morgan fingerprint density at radius 2 is 1.84 bits per heavy atom. The lowest BCUT2D eigenvalue weighted by Crippen LogP contribution is -2.53. The van der Waals surface area contributed by atoms with E-state index in [0.717, 1.165) is 42.1 Å². The number of nitrogens with zero attached hydrogens (tertiary/aromatic N) is 1. The average molecular weight is 565 g/mol. The second-order valence-corrected chi connectivity index (χ2v) is 13.0. The number of amides is 2. The maximum absolute atomic E-state index is 13.2. The van der Waals surface area contributed by atoms with Crippen molar-refractivity contribution in [2.24, 2.45) is 11.5 Å². The molecule has 3 unspecified atom stereocenters. The molecule has 3 atom stereocenters. The first-order valence-electron chi connectivity index (χ1n) is 13.3. The predicted octanol–water partition coefficient (Wildman–Crippen LogP) is 3.66. The van der Waals surface area contributed by atoms with Gasteiger partial charge in [-0.1, -0.05) is 48.9 Å². The summed E-state index contributed by atoms with van der Waals surface area (Å²) < 4.78 is 23.3. The van der Waals surface area contributed by atoms with Crippen LogP contribution in [0, 0.1) is 0 Å². The van der Waals surface area contributed by atoms with Gasteiger partial charge in [0.05, 0.1) is 30.7 Å². The first-order chi connectivity index (χ1) is 18.3. The fourth-order valence-corrected chi connectivity index (χ4v) is 7.99. The van der Waals surface area contributed by atoms with E-state index in [-0.39, 0.29) is 30.0 Å². The molecule has 210 valence electrons. The highest BCUT2D eigenvalue weighted by molar-refractivity contribution is 8.04. The van der Waals surface area contributed by atoms with Crippen LogP contribution in [-0.2, 0) is 23.2 Å². The number of hydrogen-bond acceptors (Lipinski definition) is 8. The minimum atomic E-state index is -3.12. The van der Waals surface area contributed by atoms with Crippen molar-refractivity contribution < 1.29 is 23.2 Å². The highest BCUT2D eigenvalue weighted by atomic mass is 32.2. The first kappa shape index (κ1) is 30.6. The third-order valence-electron chi connectivity index (χ3n) is 6.62. The minimum absolute atomic E-state index is 0.117. The third kappa shape index (κ3) is 8.79. The summed E-state index contributed by atoms with van der Waals surface area (Å²) in [7, 11) is -3.12. The van der Waals surface area contributed by atoms with E-state index in [1.807, 2.05) is 42.5 Å². The predicted molar refractivity (Wildman–Crippen MR) is 154 cm³/mol. The molecule has 0 saturated carbocycles. The van der Waals surface area contributed by atoms with Gasteiger partial charge in [-0.3, -0.25) is 19.1 Å². The molecule has 1 heterocycles. The van der Waals surface area contributed by atoms with Gasteiger partial charge in [-0.15, -0.1) is 11.8 Å². The molecule has 2 aromatic rings. The van der Waals surface area contributed by atoms with E-state index in [9.17, 15) is 14.2 Å². The van der Waals surface area contributed by atoms with Gasteiger partial charge in [0.2, 0.25) is 11.8 Å². The minimum Gasteiger partial charge on any atom is -0.369 e. The summed E-state index contributed by atoms with van der Waals surface area (Å²) in [5.74, 6) is -0.642. The Bertz CT molecular complexity index is 1110. The molecule has 0 bridgehead atoms. The Labute approximate surface area is 229 Å². The first-order valence-corrected chi connectivity index (χ1v) is 16.2. The van der Waals surface area contributed by atoms with Gasteiger partial charge in [0.15, 0.2) is 0 Å². The van der Waals surface area contributed by atoms with E-state index in [4.69, 9.17) is 20.5 Å². The number of piperidine rings is 1. The SMILES string of the molecule is CCOP(=O)(CSCC(N)CN1CCCCC1C(=O)NCC(C(N)=O)c1ccc2ccccc2c1)OCC. The molecular formula is C27H41N4O5PS. The van der Waals surface area contributed by atoms with E-state index >= 15 is 0 Å². The summed E-state index contributed by atoms with van der Waals surface area (Å²) in [4.78, 5) is 27.6. The number of carbonyl (C=O) groups is 2. The van der Waals surface area contributed by atoms with E-state index in [1.54, 1.807) is 13.8 Å². The van der Waals surface area contributed by atoms with Crippen molar-refractivity contribution in [3.63, 3.8) is 0 Å². The molecule has 0 aromatic heterocycles. The van der Waals surface area contributed by atoms with Gasteiger partial charge >= 0.3 is 7.60 Å². The smallest absolute Gasteiger partial charge is 0.340 e. The van der Waals surface area contributed by atoms with Crippen molar-refractivity contribution in [2.45, 2.75) is 51.1 Å². The standard InChI is InChI=1S/C27H41N4O5PS/c1-3-35-37(34,36-4-2)19-38-18-23(28)17-31-14-8-7-11-25(31)27(33)30-16-24(26(29)32)22-13-12-20-9-5-6-10-21(20)15-22/h5-6,9-10,12-13,15,23-25H,3-4,7-8,11,14,16-19,28H2,1-2H3,(H2,29,32)(H,30,33). The van der Waals surface area contributed by atoms with E-state index in [0.29, 0.717) is 25.5 Å². The lowest BCUT2D eigenvalue weighted by atomic mass is 9.95. The number of primary amides is 1. The number of hydrogen-bond donors (Lipinski definition) is 3. The van der Waals surface area contributed by atoms with Gasteiger partial charge in [-0.2, -0.15) is 0 Å². The maximum atomic E-state index is 13.2. The zero-order valence-electron chi connectivity index (χ0n) is 22.3. The van der Waals surface area contributed by atoms with Gasteiger partial charge in [0, 0.05) is 24.9 Å². The molecule has 1 aliphatic rings. The van der Waals surface area contributed by atoms with Crippen LogP contribution in [0.25, 0.3) is 10.8 Å². The van der Waals surface area contributed by atoms with Gasteiger partial charge < -0.3 is 25.8 Å². The zero-order chi connectivity index (χ0) is 27.5. The molecule has 11 heteroatoms. The second-order valence-electron chi connectivity index (χ2n) is 9.52. The number of carbonyl (C=O) groups excluding carboxylic acids is 2. The van der Waals surface area contributed by atoms with Gasteiger partial charge in [0.1, 0.15) is 0 Å². The van der Waals surface area contributed by atoms with Crippen LogP contribution >= 0.6 is 19.4 Å². The van der Waals surface area contributed by atoms with Crippen LogP contribution in [0.5, 0.6) is 0 Å². The van der Waals surface area contributed by atoms with Crippen molar-refractivity contribution in [1.29, 1.82) is 0 Å². The number of benzene rings is 2. The summed E-state index contributed by atoms with van der Waals surface area (Å²) in [6.07, 6.45) is 2.68. The lowest BCUT2D eigenvalue weighted by Gasteiger charge is -2.36. The van der Waals surface area contributed by atoms with Crippen LogP contribution in [-0.4, -0.2) is 72.9 Å². The summed E-state index contributed by atoms with van der Waals surface area (Å²) >= 11 is 1.45.